The van der Waals surface area contributed by atoms with Crippen molar-refractivity contribution in [2.24, 2.45) is 0 Å². The van der Waals surface area contributed by atoms with Crippen molar-refractivity contribution in [3.05, 3.63) is 41.9 Å². The zero-order valence-electron chi connectivity index (χ0n) is 12.2. The zero-order chi connectivity index (χ0) is 14.7. The van der Waals surface area contributed by atoms with Crippen molar-refractivity contribution in [3.8, 4) is 17.2 Å². The van der Waals surface area contributed by atoms with Crippen LogP contribution in [0.5, 0.6) is 17.2 Å². The van der Waals surface area contributed by atoms with Crippen LogP contribution in [0.3, 0.4) is 0 Å². The first-order chi connectivity index (χ1) is 10.2. The van der Waals surface area contributed by atoms with Crippen molar-refractivity contribution >= 4 is 0 Å². The molecule has 1 aromatic heterocycles. The van der Waals surface area contributed by atoms with Crippen molar-refractivity contribution in [2.45, 2.75) is 33.0 Å². The standard InChI is InChI=1S/C16H19NO4/c1-11(2)17-8-13-3-4-14(21-13)9-18-12-5-6-15-16(7-12)20-10-19-15/h3-7,11,17H,8-10H2,1-2H3. The van der Waals surface area contributed by atoms with Gasteiger partial charge >= 0.3 is 0 Å². The molecule has 0 spiro atoms. The van der Waals surface area contributed by atoms with Crippen LogP contribution in [0.4, 0.5) is 0 Å². The first-order valence-corrected chi connectivity index (χ1v) is 7.04. The van der Waals surface area contributed by atoms with E-state index in [-0.39, 0.29) is 6.79 Å². The van der Waals surface area contributed by atoms with E-state index in [0.717, 1.165) is 29.6 Å². The van der Waals surface area contributed by atoms with Crippen LogP contribution in [0.1, 0.15) is 25.4 Å². The maximum Gasteiger partial charge on any atom is 0.231 e. The second kappa shape index (κ2) is 6.10. The third kappa shape index (κ3) is 3.49. The Balaban J connectivity index is 1.55. The molecule has 21 heavy (non-hydrogen) atoms. The number of hydrogen-bond donors (Lipinski definition) is 1. The summed E-state index contributed by atoms with van der Waals surface area (Å²) in [5.41, 5.74) is 0. The largest absolute Gasteiger partial charge is 0.486 e. The summed E-state index contributed by atoms with van der Waals surface area (Å²) < 4.78 is 22.0. The van der Waals surface area contributed by atoms with Crippen LogP contribution in [0.2, 0.25) is 0 Å². The highest BCUT2D eigenvalue weighted by Crippen LogP contribution is 2.35. The molecular formula is C16H19NO4. The van der Waals surface area contributed by atoms with Gasteiger partial charge in [-0.05, 0) is 24.3 Å². The Kier molecular flexibility index (Phi) is 4.01. The van der Waals surface area contributed by atoms with Gasteiger partial charge in [0, 0.05) is 12.1 Å². The van der Waals surface area contributed by atoms with E-state index in [1.807, 2.05) is 30.3 Å². The smallest absolute Gasteiger partial charge is 0.231 e. The predicted molar refractivity (Wildman–Crippen MR) is 77.6 cm³/mol. The lowest BCUT2D eigenvalue weighted by Gasteiger charge is -2.06. The first kappa shape index (κ1) is 13.8. The lowest BCUT2D eigenvalue weighted by molar-refractivity contribution is 0.173. The summed E-state index contributed by atoms with van der Waals surface area (Å²) in [5.74, 6) is 3.91. The number of furan rings is 1. The van der Waals surface area contributed by atoms with Crippen LogP contribution in [0, 0.1) is 0 Å². The van der Waals surface area contributed by atoms with Crippen LogP contribution in [-0.4, -0.2) is 12.8 Å². The minimum absolute atomic E-state index is 0.267. The summed E-state index contributed by atoms with van der Waals surface area (Å²) in [4.78, 5) is 0. The number of rotatable bonds is 6. The van der Waals surface area contributed by atoms with Crippen LogP contribution in [-0.2, 0) is 13.2 Å². The normalized spacial score (nSPS) is 12.9. The van der Waals surface area contributed by atoms with E-state index in [1.54, 1.807) is 0 Å². The van der Waals surface area contributed by atoms with Gasteiger partial charge in [-0.2, -0.15) is 0 Å². The Hall–Kier alpha value is -2.14. The topological polar surface area (TPSA) is 52.9 Å². The Morgan fingerprint density at radius 1 is 1.10 bits per heavy atom. The molecule has 0 unspecified atom stereocenters. The van der Waals surface area contributed by atoms with Gasteiger partial charge in [0.15, 0.2) is 11.5 Å². The third-order valence-electron chi connectivity index (χ3n) is 3.13. The van der Waals surface area contributed by atoms with E-state index >= 15 is 0 Å². The second-order valence-corrected chi connectivity index (χ2v) is 5.21. The molecule has 1 aromatic carbocycles. The van der Waals surface area contributed by atoms with Gasteiger partial charge in [0.05, 0.1) is 6.54 Å². The quantitative estimate of drug-likeness (QED) is 0.885. The number of hydrogen-bond acceptors (Lipinski definition) is 5. The maximum atomic E-state index is 5.71. The molecule has 112 valence electrons. The molecule has 5 nitrogen and oxygen atoms in total. The summed E-state index contributed by atoms with van der Waals surface area (Å²) >= 11 is 0. The second-order valence-electron chi connectivity index (χ2n) is 5.21. The molecule has 3 rings (SSSR count). The predicted octanol–water partition coefficient (Wildman–Crippen LogP) is 3.09. The van der Waals surface area contributed by atoms with Crippen LogP contribution >= 0.6 is 0 Å². The molecule has 0 aliphatic carbocycles. The monoisotopic (exact) mass is 289 g/mol. The summed E-state index contributed by atoms with van der Waals surface area (Å²) in [6, 6.07) is 9.86. The summed E-state index contributed by atoms with van der Waals surface area (Å²) in [7, 11) is 0. The Labute approximate surface area is 123 Å². The van der Waals surface area contributed by atoms with Gasteiger partial charge in [0.25, 0.3) is 0 Å². The SMILES string of the molecule is CC(C)NCc1ccc(COc2ccc3c(c2)OCO3)o1. The van der Waals surface area contributed by atoms with Gasteiger partial charge < -0.3 is 23.9 Å². The summed E-state index contributed by atoms with van der Waals surface area (Å²) in [5, 5.41) is 3.31. The lowest BCUT2D eigenvalue weighted by Crippen LogP contribution is -2.21. The molecule has 2 heterocycles. The molecule has 0 amide bonds. The Bertz CT molecular complexity index is 606. The van der Waals surface area contributed by atoms with Crippen molar-refractivity contribution in [2.75, 3.05) is 6.79 Å². The fourth-order valence-corrected chi connectivity index (χ4v) is 2.02. The highest BCUT2D eigenvalue weighted by Gasteiger charge is 2.14. The number of fused-ring (bicyclic) bond motifs is 1. The fraction of sp³-hybridized carbons (Fsp3) is 0.375. The number of ether oxygens (including phenoxy) is 3. The van der Waals surface area contributed by atoms with E-state index in [4.69, 9.17) is 18.6 Å². The van der Waals surface area contributed by atoms with Gasteiger partial charge in [0.1, 0.15) is 23.9 Å². The van der Waals surface area contributed by atoms with E-state index in [1.165, 1.54) is 0 Å². The molecule has 2 aromatic rings. The van der Waals surface area contributed by atoms with Crippen molar-refractivity contribution in [3.63, 3.8) is 0 Å². The molecule has 1 aliphatic rings. The highest BCUT2D eigenvalue weighted by molar-refractivity contribution is 5.46. The van der Waals surface area contributed by atoms with E-state index in [9.17, 15) is 0 Å². The van der Waals surface area contributed by atoms with E-state index in [0.29, 0.717) is 18.4 Å². The number of nitrogens with one attached hydrogen (secondary N) is 1. The third-order valence-corrected chi connectivity index (χ3v) is 3.13. The van der Waals surface area contributed by atoms with Crippen LogP contribution < -0.4 is 19.5 Å². The van der Waals surface area contributed by atoms with Crippen molar-refractivity contribution < 1.29 is 18.6 Å². The molecule has 0 atom stereocenters. The lowest BCUT2D eigenvalue weighted by atomic mass is 10.3. The molecule has 0 saturated carbocycles. The van der Waals surface area contributed by atoms with Crippen LogP contribution in [0.15, 0.2) is 34.7 Å². The minimum atomic E-state index is 0.267. The zero-order valence-corrected chi connectivity index (χ0v) is 12.2. The molecule has 0 bridgehead atoms. The first-order valence-electron chi connectivity index (χ1n) is 7.04. The van der Waals surface area contributed by atoms with Crippen molar-refractivity contribution in [1.82, 2.24) is 5.32 Å². The fourth-order valence-electron chi connectivity index (χ4n) is 2.02. The summed E-state index contributed by atoms with van der Waals surface area (Å²) in [6.45, 7) is 5.59. The Morgan fingerprint density at radius 2 is 1.90 bits per heavy atom. The number of benzene rings is 1. The van der Waals surface area contributed by atoms with Gasteiger partial charge in [-0.25, -0.2) is 0 Å². The van der Waals surface area contributed by atoms with E-state index < -0.39 is 0 Å². The molecule has 0 saturated heterocycles. The molecule has 1 N–H and O–H groups in total. The van der Waals surface area contributed by atoms with Gasteiger partial charge in [-0.15, -0.1) is 0 Å². The van der Waals surface area contributed by atoms with Crippen LogP contribution in [0.25, 0.3) is 0 Å². The highest BCUT2D eigenvalue weighted by atomic mass is 16.7. The average molecular weight is 289 g/mol. The summed E-state index contributed by atoms with van der Waals surface area (Å²) in [6.07, 6.45) is 0. The maximum absolute atomic E-state index is 5.71. The Morgan fingerprint density at radius 3 is 2.76 bits per heavy atom. The van der Waals surface area contributed by atoms with Gasteiger partial charge in [-0.1, -0.05) is 13.8 Å². The minimum Gasteiger partial charge on any atom is -0.486 e. The molecule has 1 aliphatic heterocycles. The molecule has 0 radical (unpaired) electrons. The molecule has 5 heteroatoms. The molecular weight excluding hydrogens is 270 g/mol. The van der Waals surface area contributed by atoms with Crippen molar-refractivity contribution in [1.29, 1.82) is 0 Å². The van der Waals surface area contributed by atoms with Gasteiger partial charge in [-0.3, -0.25) is 0 Å². The van der Waals surface area contributed by atoms with Gasteiger partial charge in [0.2, 0.25) is 6.79 Å². The molecule has 0 fully saturated rings. The van der Waals surface area contributed by atoms with E-state index in [2.05, 4.69) is 19.2 Å². The average Bonchev–Trinajstić information content (AvgIpc) is 3.11.